The van der Waals surface area contributed by atoms with Crippen LogP contribution in [0.4, 0.5) is 11.4 Å². The van der Waals surface area contributed by atoms with Gasteiger partial charge >= 0.3 is 0 Å². The summed E-state index contributed by atoms with van der Waals surface area (Å²) in [4.78, 5) is 12.7. The first kappa shape index (κ1) is 16.1. The summed E-state index contributed by atoms with van der Waals surface area (Å²) in [6.45, 7) is 2.98. The van der Waals surface area contributed by atoms with Crippen molar-refractivity contribution in [2.45, 2.75) is 19.4 Å². The summed E-state index contributed by atoms with van der Waals surface area (Å²) in [5.74, 6) is 1.46. The van der Waals surface area contributed by atoms with E-state index in [1.165, 1.54) is 11.1 Å². The third-order valence-electron chi connectivity index (χ3n) is 4.58. The van der Waals surface area contributed by atoms with Crippen LogP contribution in [0.25, 0.3) is 0 Å². The number of methoxy groups -OCH3 is 2. The monoisotopic (exact) mass is 328 g/mol. The molecular weight excluding hydrogens is 308 g/mol. The first-order valence-electron chi connectivity index (χ1n) is 7.81. The van der Waals surface area contributed by atoms with Gasteiger partial charge in [-0.3, -0.25) is 10.1 Å². The lowest BCUT2D eigenvalue weighted by atomic mass is 9.92. The number of rotatable bonds is 4. The van der Waals surface area contributed by atoms with Crippen LogP contribution in [0.1, 0.15) is 24.1 Å². The van der Waals surface area contributed by atoms with E-state index in [4.69, 9.17) is 9.47 Å². The average Bonchev–Trinajstić information content (AvgIpc) is 2.61. The number of hydrogen-bond donors (Lipinski definition) is 0. The summed E-state index contributed by atoms with van der Waals surface area (Å²) < 4.78 is 10.8. The van der Waals surface area contributed by atoms with Gasteiger partial charge in [-0.15, -0.1) is 0 Å². The molecule has 2 aromatic carbocycles. The van der Waals surface area contributed by atoms with Gasteiger partial charge in [0.2, 0.25) is 0 Å². The third-order valence-corrected chi connectivity index (χ3v) is 4.58. The zero-order chi connectivity index (χ0) is 17.3. The lowest BCUT2D eigenvalue weighted by Crippen LogP contribution is -2.33. The second-order valence-electron chi connectivity index (χ2n) is 5.80. The second-order valence-corrected chi connectivity index (χ2v) is 5.80. The van der Waals surface area contributed by atoms with E-state index < -0.39 is 0 Å². The molecule has 6 heteroatoms. The summed E-state index contributed by atoms with van der Waals surface area (Å²) in [7, 11) is 3.27. The summed E-state index contributed by atoms with van der Waals surface area (Å²) in [5.41, 5.74) is 3.53. The lowest BCUT2D eigenvalue weighted by Gasteiger charge is -2.37. The Kier molecular flexibility index (Phi) is 4.29. The van der Waals surface area contributed by atoms with Crippen LogP contribution < -0.4 is 14.4 Å². The van der Waals surface area contributed by atoms with Crippen LogP contribution in [-0.4, -0.2) is 25.7 Å². The summed E-state index contributed by atoms with van der Waals surface area (Å²) in [5, 5.41) is 10.8. The molecule has 0 fully saturated rings. The first-order valence-corrected chi connectivity index (χ1v) is 7.81. The van der Waals surface area contributed by atoms with Crippen LogP contribution in [-0.2, 0) is 6.42 Å². The summed E-state index contributed by atoms with van der Waals surface area (Å²) in [6.07, 6.45) is 0.886. The first-order chi connectivity index (χ1) is 11.5. The lowest BCUT2D eigenvalue weighted by molar-refractivity contribution is -0.384. The predicted octanol–water partition coefficient (Wildman–Crippen LogP) is 3.74. The van der Waals surface area contributed by atoms with Crippen molar-refractivity contribution in [3.63, 3.8) is 0 Å². The van der Waals surface area contributed by atoms with E-state index >= 15 is 0 Å². The SMILES string of the molecule is COc1cc2c(cc1OC)C(C)N(c1ccc([N+](=O)[O-])cc1)CC2. The molecule has 0 saturated heterocycles. The molecule has 6 nitrogen and oxygen atoms in total. The maximum Gasteiger partial charge on any atom is 0.269 e. The minimum absolute atomic E-state index is 0.107. The Morgan fingerprint density at radius 2 is 1.75 bits per heavy atom. The smallest absolute Gasteiger partial charge is 0.269 e. The normalized spacial score (nSPS) is 16.5. The van der Waals surface area contributed by atoms with Gasteiger partial charge in [-0.05, 0) is 48.7 Å². The number of nitro groups is 1. The molecule has 0 spiro atoms. The van der Waals surface area contributed by atoms with Gasteiger partial charge in [0.1, 0.15) is 0 Å². The molecular formula is C18H20N2O4. The van der Waals surface area contributed by atoms with E-state index in [9.17, 15) is 10.1 Å². The second kappa shape index (κ2) is 6.39. The fraction of sp³-hybridized carbons (Fsp3) is 0.333. The number of anilines is 1. The van der Waals surface area contributed by atoms with Gasteiger partial charge in [-0.1, -0.05) is 0 Å². The number of non-ortho nitro benzene ring substituents is 1. The highest BCUT2D eigenvalue weighted by molar-refractivity contribution is 5.57. The van der Waals surface area contributed by atoms with Gasteiger partial charge in [0.05, 0.1) is 25.2 Å². The van der Waals surface area contributed by atoms with Crippen LogP contribution in [0.2, 0.25) is 0 Å². The quantitative estimate of drug-likeness (QED) is 0.632. The van der Waals surface area contributed by atoms with E-state index in [2.05, 4.69) is 11.8 Å². The number of nitro benzene ring substituents is 1. The predicted molar refractivity (Wildman–Crippen MR) is 92.1 cm³/mol. The molecule has 3 rings (SSSR count). The number of nitrogens with zero attached hydrogens (tertiary/aromatic N) is 2. The fourth-order valence-electron chi connectivity index (χ4n) is 3.26. The van der Waals surface area contributed by atoms with Crippen LogP contribution in [0, 0.1) is 10.1 Å². The minimum atomic E-state index is -0.379. The van der Waals surface area contributed by atoms with Gasteiger partial charge < -0.3 is 14.4 Å². The molecule has 0 aromatic heterocycles. The van der Waals surface area contributed by atoms with Gasteiger partial charge in [-0.2, -0.15) is 0 Å². The van der Waals surface area contributed by atoms with E-state index in [0.29, 0.717) is 5.75 Å². The number of benzene rings is 2. The van der Waals surface area contributed by atoms with E-state index in [1.807, 2.05) is 12.1 Å². The molecule has 1 atom stereocenters. The maximum absolute atomic E-state index is 10.8. The Balaban J connectivity index is 1.94. The van der Waals surface area contributed by atoms with Crippen molar-refractivity contribution >= 4 is 11.4 Å². The van der Waals surface area contributed by atoms with Crippen molar-refractivity contribution in [1.29, 1.82) is 0 Å². The molecule has 0 radical (unpaired) electrons. The zero-order valence-electron chi connectivity index (χ0n) is 14.0. The van der Waals surface area contributed by atoms with Crippen LogP contribution in [0.5, 0.6) is 11.5 Å². The van der Waals surface area contributed by atoms with Gasteiger partial charge in [-0.25, -0.2) is 0 Å². The van der Waals surface area contributed by atoms with Crippen molar-refractivity contribution in [2.75, 3.05) is 25.7 Å². The largest absolute Gasteiger partial charge is 0.493 e. The van der Waals surface area contributed by atoms with Gasteiger partial charge in [0.25, 0.3) is 5.69 Å². The highest BCUT2D eigenvalue weighted by atomic mass is 16.6. The van der Waals surface area contributed by atoms with Crippen LogP contribution >= 0.6 is 0 Å². The Morgan fingerprint density at radius 1 is 1.12 bits per heavy atom. The molecule has 24 heavy (non-hydrogen) atoms. The zero-order valence-corrected chi connectivity index (χ0v) is 14.0. The fourth-order valence-corrected chi connectivity index (χ4v) is 3.26. The van der Waals surface area contributed by atoms with Crippen molar-refractivity contribution in [3.8, 4) is 11.5 Å². The van der Waals surface area contributed by atoms with Crippen molar-refractivity contribution in [2.24, 2.45) is 0 Å². The number of fused-ring (bicyclic) bond motifs is 1. The molecule has 0 N–H and O–H groups in total. The molecule has 0 saturated carbocycles. The minimum Gasteiger partial charge on any atom is -0.493 e. The van der Waals surface area contributed by atoms with Crippen molar-refractivity contribution in [1.82, 2.24) is 0 Å². The highest BCUT2D eigenvalue weighted by Gasteiger charge is 2.26. The van der Waals surface area contributed by atoms with Crippen molar-refractivity contribution < 1.29 is 14.4 Å². The van der Waals surface area contributed by atoms with E-state index in [1.54, 1.807) is 38.5 Å². The van der Waals surface area contributed by atoms with E-state index in [-0.39, 0.29) is 16.7 Å². The molecule has 0 bridgehead atoms. The summed E-state index contributed by atoms with van der Waals surface area (Å²) in [6, 6.07) is 10.9. The highest BCUT2D eigenvalue weighted by Crippen LogP contribution is 2.39. The molecule has 1 aliphatic rings. The van der Waals surface area contributed by atoms with Gasteiger partial charge in [0, 0.05) is 24.4 Å². The molecule has 1 unspecified atom stereocenters. The summed E-state index contributed by atoms with van der Waals surface area (Å²) >= 11 is 0. The molecule has 2 aromatic rings. The van der Waals surface area contributed by atoms with Gasteiger partial charge in [0.15, 0.2) is 11.5 Å². The van der Waals surface area contributed by atoms with Crippen molar-refractivity contribution in [3.05, 3.63) is 57.6 Å². The molecule has 1 heterocycles. The Labute approximate surface area is 140 Å². The van der Waals surface area contributed by atoms with Crippen LogP contribution in [0.15, 0.2) is 36.4 Å². The maximum atomic E-state index is 10.8. The number of hydrogen-bond acceptors (Lipinski definition) is 5. The number of ether oxygens (including phenoxy) is 2. The molecule has 126 valence electrons. The third kappa shape index (κ3) is 2.75. The topological polar surface area (TPSA) is 64.8 Å². The molecule has 0 amide bonds. The molecule has 0 aliphatic carbocycles. The standard InChI is InChI=1S/C18H20N2O4/c1-12-16-11-18(24-3)17(23-2)10-13(16)8-9-19(12)14-4-6-15(7-5-14)20(21)22/h4-7,10-12H,8-9H2,1-3H3. The Morgan fingerprint density at radius 3 is 2.33 bits per heavy atom. The van der Waals surface area contributed by atoms with Crippen LogP contribution in [0.3, 0.4) is 0 Å². The Hall–Kier alpha value is -2.76. The Bertz CT molecular complexity index is 758. The van der Waals surface area contributed by atoms with E-state index in [0.717, 1.165) is 24.4 Å². The molecule has 1 aliphatic heterocycles. The average molecular weight is 328 g/mol.